The lowest BCUT2D eigenvalue weighted by atomic mass is 9.83. The monoisotopic (exact) mass is 440 g/mol. The third-order valence-corrected chi connectivity index (χ3v) is 7.05. The molecule has 1 unspecified atom stereocenters. The minimum Gasteiger partial charge on any atom is -0.474 e. The number of carbonyl (C=O) groups is 1. The Hall–Kier alpha value is -2.52. The summed E-state index contributed by atoms with van der Waals surface area (Å²) in [5.41, 5.74) is 1.91. The first kappa shape index (κ1) is 21.3. The van der Waals surface area contributed by atoms with Gasteiger partial charge in [-0.15, -0.1) is 0 Å². The SMILES string of the molecule is CN1CCC(Nc2ncc3c(OC4CCNCC4)ncc([C@H]4CC[C@H](O)CC4)c3n2)C1=O. The van der Waals surface area contributed by atoms with E-state index in [2.05, 4.69) is 20.6 Å². The highest BCUT2D eigenvalue weighted by Gasteiger charge is 2.30. The maximum atomic E-state index is 12.3. The molecule has 0 bridgehead atoms. The summed E-state index contributed by atoms with van der Waals surface area (Å²) in [6.45, 7) is 2.62. The van der Waals surface area contributed by atoms with E-state index >= 15 is 0 Å². The van der Waals surface area contributed by atoms with Crippen molar-refractivity contribution in [2.24, 2.45) is 0 Å². The molecule has 9 nitrogen and oxygen atoms in total. The average molecular weight is 441 g/mol. The number of aromatic nitrogens is 3. The number of pyridine rings is 1. The Labute approximate surface area is 188 Å². The predicted octanol–water partition coefficient (Wildman–Crippen LogP) is 1.82. The summed E-state index contributed by atoms with van der Waals surface area (Å²) in [6, 6.07) is -0.293. The van der Waals surface area contributed by atoms with Crippen molar-refractivity contribution in [3.63, 3.8) is 0 Å². The van der Waals surface area contributed by atoms with Crippen LogP contribution in [-0.2, 0) is 4.79 Å². The summed E-state index contributed by atoms with van der Waals surface area (Å²) < 4.78 is 6.28. The van der Waals surface area contributed by atoms with Gasteiger partial charge < -0.3 is 25.4 Å². The number of nitrogens with one attached hydrogen (secondary N) is 2. The van der Waals surface area contributed by atoms with Crippen LogP contribution in [0.5, 0.6) is 5.88 Å². The fourth-order valence-corrected chi connectivity index (χ4v) is 5.05. The molecule has 9 heteroatoms. The Morgan fingerprint density at radius 3 is 2.59 bits per heavy atom. The van der Waals surface area contributed by atoms with E-state index in [-0.39, 0.29) is 24.2 Å². The molecule has 2 aromatic rings. The van der Waals surface area contributed by atoms with Crippen LogP contribution in [0.15, 0.2) is 12.4 Å². The zero-order valence-corrected chi connectivity index (χ0v) is 18.6. The Morgan fingerprint density at radius 1 is 1.09 bits per heavy atom. The van der Waals surface area contributed by atoms with Crippen LogP contribution in [0.4, 0.5) is 5.95 Å². The van der Waals surface area contributed by atoms with Crippen molar-refractivity contribution in [2.75, 3.05) is 32.0 Å². The first-order valence-electron chi connectivity index (χ1n) is 11.8. The lowest BCUT2D eigenvalue weighted by Gasteiger charge is -2.27. The van der Waals surface area contributed by atoms with E-state index in [1.54, 1.807) is 11.1 Å². The van der Waals surface area contributed by atoms with Crippen molar-refractivity contribution >= 4 is 22.8 Å². The Balaban J connectivity index is 1.48. The van der Waals surface area contributed by atoms with Crippen molar-refractivity contribution in [1.82, 2.24) is 25.2 Å². The largest absolute Gasteiger partial charge is 0.474 e. The summed E-state index contributed by atoms with van der Waals surface area (Å²) in [4.78, 5) is 28.1. The topological polar surface area (TPSA) is 112 Å². The van der Waals surface area contributed by atoms with Gasteiger partial charge in [0.2, 0.25) is 17.7 Å². The van der Waals surface area contributed by atoms with E-state index in [9.17, 15) is 9.90 Å². The molecule has 3 fully saturated rings. The van der Waals surface area contributed by atoms with Gasteiger partial charge in [-0.05, 0) is 64.0 Å². The van der Waals surface area contributed by atoms with Gasteiger partial charge in [-0.1, -0.05) is 0 Å². The Bertz CT molecular complexity index is 972. The zero-order chi connectivity index (χ0) is 22.1. The fourth-order valence-electron chi connectivity index (χ4n) is 5.05. The van der Waals surface area contributed by atoms with E-state index < -0.39 is 0 Å². The quantitative estimate of drug-likeness (QED) is 0.645. The smallest absolute Gasteiger partial charge is 0.244 e. The van der Waals surface area contributed by atoms with Gasteiger partial charge in [0.05, 0.1) is 17.0 Å². The van der Waals surface area contributed by atoms with Gasteiger partial charge in [-0.2, -0.15) is 0 Å². The van der Waals surface area contributed by atoms with Crippen LogP contribution in [-0.4, -0.2) is 75.8 Å². The lowest BCUT2D eigenvalue weighted by Crippen LogP contribution is -2.34. The highest BCUT2D eigenvalue weighted by atomic mass is 16.5. The maximum absolute atomic E-state index is 12.3. The zero-order valence-electron chi connectivity index (χ0n) is 18.6. The van der Waals surface area contributed by atoms with E-state index in [0.717, 1.165) is 81.0 Å². The van der Waals surface area contributed by atoms with E-state index in [1.165, 1.54) is 0 Å². The number of anilines is 1. The fraction of sp³-hybridized carbons (Fsp3) is 0.652. The van der Waals surface area contributed by atoms with Crippen molar-refractivity contribution in [3.8, 4) is 5.88 Å². The molecule has 0 spiro atoms. The molecule has 172 valence electrons. The van der Waals surface area contributed by atoms with Gasteiger partial charge in [0.25, 0.3) is 0 Å². The number of nitrogens with zero attached hydrogens (tertiary/aromatic N) is 4. The molecule has 32 heavy (non-hydrogen) atoms. The van der Waals surface area contributed by atoms with Crippen LogP contribution < -0.4 is 15.4 Å². The molecule has 5 rings (SSSR count). The molecule has 3 N–H and O–H groups in total. The Morgan fingerprint density at radius 2 is 1.88 bits per heavy atom. The number of hydrogen-bond acceptors (Lipinski definition) is 8. The number of likely N-dealkylation sites (tertiary alicyclic amines) is 1. The second-order valence-electron chi connectivity index (χ2n) is 9.29. The molecule has 2 saturated heterocycles. The molecule has 0 radical (unpaired) electrons. The third kappa shape index (κ3) is 4.36. The van der Waals surface area contributed by atoms with Gasteiger partial charge in [-0.3, -0.25) is 4.79 Å². The molecule has 0 aromatic carbocycles. The number of aliphatic hydroxyl groups is 1. The number of aliphatic hydroxyl groups excluding tert-OH is 1. The van der Waals surface area contributed by atoms with Gasteiger partial charge in [0.15, 0.2) is 0 Å². The van der Waals surface area contributed by atoms with Crippen LogP contribution in [0.25, 0.3) is 10.9 Å². The lowest BCUT2D eigenvalue weighted by molar-refractivity contribution is -0.127. The first-order valence-corrected chi connectivity index (χ1v) is 11.8. The predicted molar refractivity (Wildman–Crippen MR) is 121 cm³/mol. The molecule has 2 aliphatic heterocycles. The number of ether oxygens (including phenoxy) is 1. The summed E-state index contributed by atoms with van der Waals surface area (Å²) in [5.74, 6) is 1.40. The van der Waals surface area contributed by atoms with Crippen LogP contribution in [0.3, 0.4) is 0 Å². The number of likely N-dealkylation sites (N-methyl/N-ethyl adjacent to an activating group) is 1. The highest BCUT2D eigenvalue weighted by molar-refractivity contribution is 5.88. The summed E-state index contributed by atoms with van der Waals surface area (Å²) in [6.07, 6.45) is 9.62. The van der Waals surface area contributed by atoms with Crippen LogP contribution in [0, 0.1) is 0 Å². The van der Waals surface area contributed by atoms with Gasteiger partial charge in [-0.25, -0.2) is 15.0 Å². The molecule has 1 saturated carbocycles. The molecule has 4 heterocycles. The minimum absolute atomic E-state index is 0.0693. The molecule has 1 aliphatic carbocycles. The molecular formula is C23H32N6O3. The third-order valence-electron chi connectivity index (χ3n) is 7.05. The van der Waals surface area contributed by atoms with Crippen LogP contribution >= 0.6 is 0 Å². The van der Waals surface area contributed by atoms with Crippen molar-refractivity contribution in [1.29, 1.82) is 0 Å². The number of piperidine rings is 1. The summed E-state index contributed by atoms with van der Waals surface area (Å²) in [7, 11) is 1.82. The second kappa shape index (κ2) is 9.15. The van der Waals surface area contributed by atoms with E-state index in [1.807, 2.05) is 13.2 Å². The van der Waals surface area contributed by atoms with Crippen molar-refractivity contribution < 1.29 is 14.6 Å². The number of hydrogen-bond donors (Lipinski definition) is 3. The number of amides is 1. The highest BCUT2D eigenvalue weighted by Crippen LogP contribution is 2.38. The molecule has 1 amide bonds. The average Bonchev–Trinajstić information content (AvgIpc) is 3.13. The molecule has 1 atom stereocenters. The standard InChI is InChI=1S/C23H32N6O3/c1-29-11-8-19(22(29)31)27-23-26-13-18-20(28-23)17(14-2-4-15(30)5-3-14)12-25-21(18)32-16-6-9-24-10-7-16/h12-16,19,24,30H,2-11H2,1H3,(H,26,27,28)/t14-,15-,19?. The molecular weight excluding hydrogens is 408 g/mol. The maximum Gasteiger partial charge on any atom is 0.244 e. The first-order chi connectivity index (χ1) is 15.6. The van der Waals surface area contributed by atoms with E-state index in [0.29, 0.717) is 17.7 Å². The van der Waals surface area contributed by atoms with Gasteiger partial charge in [0.1, 0.15) is 12.1 Å². The Kier molecular flexibility index (Phi) is 6.10. The summed E-state index contributed by atoms with van der Waals surface area (Å²) in [5, 5.41) is 17.3. The van der Waals surface area contributed by atoms with Crippen LogP contribution in [0.2, 0.25) is 0 Å². The van der Waals surface area contributed by atoms with E-state index in [4.69, 9.17) is 9.72 Å². The van der Waals surface area contributed by atoms with Crippen molar-refractivity contribution in [2.45, 2.75) is 69.1 Å². The van der Waals surface area contributed by atoms with Crippen LogP contribution in [0.1, 0.15) is 56.4 Å². The number of carbonyl (C=O) groups excluding carboxylic acids is 1. The second-order valence-corrected chi connectivity index (χ2v) is 9.29. The van der Waals surface area contributed by atoms with Gasteiger partial charge >= 0.3 is 0 Å². The normalized spacial score (nSPS) is 27.1. The van der Waals surface area contributed by atoms with Crippen molar-refractivity contribution in [3.05, 3.63) is 18.0 Å². The summed E-state index contributed by atoms with van der Waals surface area (Å²) >= 11 is 0. The molecule has 2 aromatic heterocycles. The number of fused-ring (bicyclic) bond motifs is 1. The van der Waals surface area contributed by atoms with Gasteiger partial charge in [0, 0.05) is 31.5 Å². The number of rotatable bonds is 5. The minimum atomic E-state index is -0.293. The molecule has 3 aliphatic rings.